The number of rotatable bonds is 9. The monoisotopic (exact) mass is 702 g/mol. The van der Waals surface area contributed by atoms with Gasteiger partial charge in [-0.2, -0.15) is 96.6 Å². The summed E-state index contributed by atoms with van der Waals surface area (Å²) in [5, 5.41) is 0. The van der Waals surface area contributed by atoms with Gasteiger partial charge in [0, 0.05) is 0 Å². The van der Waals surface area contributed by atoms with Crippen LogP contribution in [0.25, 0.3) is 0 Å². The van der Waals surface area contributed by atoms with Crippen molar-refractivity contribution < 1.29 is 128 Å². The Kier molecular flexibility index (Phi) is 9.10. The van der Waals surface area contributed by atoms with E-state index >= 15 is 0 Å². The predicted octanol–water partition coefficient (Wildman–Crippen LogP) is 9.48. The summed E-state index contributed by atoms with van der Waals surface area (Å²) in [6, 6.07) is -18.6. The number of hydrogen-bond acceptors (Lipinski definition) is 0. The number of quaternary nitrogens is 1. The lowest BCUT2D eigenvalue weighted by atomic mass is 9.90. The Morgan fingerprint density at radius 3 is 0.833 bits per heavy atom. The highest BCUT2D eigenvalue weighted by Crippen LogP contribution is 2.66. The molecular weight excluding hydrogens is 702 g/mol. The molecule has 0 aliphatic carbocycles. The summed E-state index contributed by atoms with van der Waals surface area (Å²) in [7, 11) is 0. The van der Waals surface area contributed by atoms with E-state index in [0.717, 1.165) is 0 Å². The van der Waals surface area contributed by atoms with Crippen molar-refractivity contribution in [2.45, 2.75) is 66.2 Å². The van der Waals surface area contributed by atoms with Crippen LogP contribution in [0.1, 0.15) is 0 Å². The molecule has 252 valence electrons. The number of allylic oxidation sites excluding steroid dienone is 1. The first-order chi connectivity index (χ1) is 17.5. The molecule has 0 spiro atoms. The standard InChI is InChI=1S/C13F28N/c14-2(1(3(15,16)17)4(18,19)20)5(21,22)42(40,41)13(38,39)11(33,34)9(29,30)7(25,26)6(23,24)8(27,28)10(31,32)12(35,36)37/q+1. The van der Waals surface area contributed by atoms with Gasteiger partial charge in [-0.1, -0.05) is 0 Å². The molecule has 0 fully saturated rings. The summed E-state index contributed by atoms with van der Waals surface area (Å²) in [6.45, 7) is 0. The van der Waals surface area contributed by atoms with Crippen molar-refractivity contribution in [3.63, 3.8) is 0 Å². The third kappa shape index (κ3) is 5.02. The largest absolute Gasteiger partial charge is 0.541 e. The quantitative estimate of drug-likeness (QED) is 0.128. The van der Waals surface area contributed by atoms with Crippen molar-refractivity contribution in [3.05, 3.63) is 11.4 Å². The second-order valence-corrected chi connectivity index (χ2v) is 7.22. The Hall–Kier alpha value is -2.26. The molecule has 0 atom stereocenters. The fraction of sp³-hybridized carbons (Fsp3) is 0.846. The van der Waals surface area contributed by atoms with E-state index in [0.29, 0.717) is 0 Å². The maximum atomic E-state index is 13.5. The highest BCUT2D eigenvalue weighted by molar-refractivity contribution is 5.23. The van der Waals surface area contributed by atoms with Crippen LogP contribution in [-0.2, 0) is 0 Å². The van der Waals surface area contributed by atoms with E-state index in [9.17, 15) is 123 Å². The molecular formula is C13F28N+. The van der Waals surface area contributed by atoms with Crippen LogP contribution in [0.4, 0.5) is 123 Å². The average molecular weight is 702 g/mol. The van der Waals surface area contributed by atoms with Crippen LogP contribution >= 0.6 is 0 Å². The van der Waals surface area contributed by atoms with E-state index in [4.69, 9.17) is 0 Å². The molecule has 0 N–H and O–H groups in total. The molecule has 0 heterocycles. The maximum Gasteiger partial charge on any atom is 0.541 e. The maximum absolute atomic E-state index is 13.5. The molecule has 0 saturated heterocycles. The smallest absolute Gasteiger partial charge is 0.197 e. The van der Waals surface area contributed by atoms with Crippen molar-refractivity contribution in [2.24, 2.45) is 0 Å². The van der Waals surface area contributed by atoms with Gasteiger partial charge in [0.15, 0.2) is 10.5 Å². The highest BCUT2D eigenvalue weighted by Gasteiger charge is 3.00. The van der Waals surface area contributed by atoms with Gasteiger partial charge in [0.25, 0.3) is 5.83 Å². The van der Waals surface area contributed by atoms with Crippen LogP contribution in [0.15, 0.2) is 11.4 Å². The molecule has 0 aliphatic rings. The molecule has 0 aromatic carbocycles. The lowest BCUT2D eigenvalue weighted by Gasteiger charge is -2.42. The Labute approximate surface area is 207 Å². The normalized spacial score (nSPS) is 16.6. The minimum atomic E-state index is -9.74. The van der Waals surface area contributed by atoms with E-state index in [-0.39, 0.29) is 0 Å². The topological polar surface area (TPSA) is 0 Å². The fourth-order valence-electron chi connectivity index (χ4n) is 2.19. The first-order valence-electron chi connectivity index (χ1n) is 8.45. The van der Waals surface area contributed by atoms with Crippen molar-refractivity contribution in [1.29, 1.82) is 0 Å². The summed E-state index contributed by atoms with van der Waals surface area (Å²) in [6.07, 6.45) is -23.7. The molecule has 1 nitrogen and oxygen atoms in total. The predicted molar refractivity (Wildman–Crippen MR) is 68.4 cm³/mol. The molecule has 42 heavy (non-hydrogen) atoms. The fourth-order valence-corrected chi connectivity index (χ4v) is 2.19. The number of alkyl halides is 25. The van der Waals surface area contributed by atoms with Crippen molar-refractivity contribution in [2.75, 3.05) is 0 Å². The van der Waals surface area contributed by atoms with Gasteiger partial charge in [-0.05, 0) is 0 Å². The number of halogens is 28. The number of nitrogens with zero attached hydrogens (tertiary/aromatic N) is 1. The lowest BCUT2D eigenvalue weighted by Crippen LogP contribution is -2.77. The molecule has 0 rings (SSSR count). The summed E-state index contributed by atoms with van der Waals surface area (Å²) < 4.78 is 361. The first kappa shape index (κ1) is 39.7. The van der Waals surface area contributed by atoms with Gasteiger partial charge in [-0.25, -0.2) is 0 Å². The summed E-state index contributed by atoms with van der Waals surface area (Å²) in [5.41, 5.74) is -5.63. The zero-order valence-corrected chi connectivity index (χ0v) is 17.5. The molecule has 0 aromatic heterocycles. The summed E-state index contributed by atoms with van der Waals surface area (Å²) >= 11 is 0. The Morgan fingerprint density at radius 2 is 0.595 bits per heavy atom. The van der Waals surface area contributed by atoms with Crippen molar-refractivity contribution >= 4 is 0 Å². The van der Waals surface area contributed by atoms with Crippen molar-refractivity contribution in [1.82, 2.24) is 0 Å². The second-order valence-electron chi connectivity index (χ2n) is 7.22. The van der Waals surface area contributed by atoms with Crippen molar-refractivity contribution in [3.8, 4) is 0 Å². The Balaban J connectivity index is 7.54. The van der Waals surface area contributed by atoms with Crippen LogP contribution in [-0.4, -0.2) is 71.1 Å². The third-order valence-electron chi connectivity index (χ3n) is 4.46. The number of hydrogen-bond donors (Lipinski definition) is 0. The van der Waals surface area contributed by atoms with Gasteiger partial charge in [0.05, 0.1) is 8.96 Å². The van der Waals surface area contributed by atoms with Gasteiger partial charge in [0.2, 0.25) is 0 Å². The highest BCUT2D eigenvalue weighted by atomic mass is 19.5. The van der Waals surface area contributed by atoms with E-state index in [1.165, 1.54) is 0 Å². The molecule has 0 saturated carbocycles. The van der Waals surface area contributed by atoms with Crippen LogP contribution in [0.5, 0.6) is 0 Å². The molecule has 0 aliphatic heterocycles. The average Bonchev–Trinajstić information content (AvgIpc) is 2.69. The van der Waals surface area contributed by atoms with Gasteiger partial charge in [-0.3, -0.25) is 0 Å². The van der Waals surface area contributed by atoms with Crippen LogP contribution in [0, 0.1) is 0 Å². The van der Waals surface area contributed by atoms with Gasteiger partial charge in [0.1, 0.15) is 0 Å². The zero-order chi connectivity index (χ0) is 35.2. The molecule has 0 amide bonds. The SMILES string of the molecule is FC(=C(C(F)(F)F)C(F)(F)F)C(F)(F)[N+](F)(F)C(F)(F)C(F)(F)C(F)(F)C(F)(F)C(F)(F)C(F)(F)C(F)(F)C(F)(F)F. The zero-order valence-electron chi connectivity index (χ0n) is 17.5. The third-order valence-corrected chi connectivity index (χ3v) is 4.46. The molecule has 0 radical (unpaired) electrons. The van der Waals surface area contributed by atoms with E-state index < -0.39 is 82.5 Å². The lowest BCUT2D eigenvalue weighted by molar-refractivity contribution is -1.27. The van der Waals surface area contributed by atoms with Crippen LogP contribution in [0.2, 0.25) is 0 Å². The molecule has 0 bridgehead atoms. The Morgan fingerprint density at radius 1 is 0.357 bits per heavy atom. The van der Waals surface area contributed by atoms with E-state index in [1.54, 1.807) is 0 Å². The van der Waals surface area contributed by atoms with Gasteiger partial charge >= 0.3 is 66.2 Å². The minimum Gasteiger partial charge on any atom is -0.197 e. The Bertz CT molecular complexity index is 1010. The van der Waals surface area contributed by atoms with E-state index in [1.807, 2.05) is 0 Å². The minimum absolute atomic E-state index is 5.63. The van der Waals surface area contributed by atoms with Crippen LogP contribution in [0.3, 0.4) is 0 Å². The van der Waals surface area contributed by atoms with Crippen LogP contribution < -0.4 is 0 Å². The van der Waals surface area contributed by atoms with E-state index in [2.05, 4.69) is 0 Å². The summed E-state index contributed by atoms with van der Waals surface area (Å²) in [5.74, 6) is -62.5. The summed E-state index contributed by atoms with van der Waals surface area (Å²) in [4.78, 5) is -8.46. The second kappa shape index (κ2) is 9.62. The molecule has 0 unspecified atom stereocenters. The molecule has 0 aromatic rings. The van der Waals surface area contributed by atoms with Gasteiger partial charge in [-0.15, -0.1) is 17.6 Å². The molecule has 29 heteroatoms. The first-order valence-corrected chi connectivity index (χ1v) is 8.45. The van der Waals surface area contributed by atoms with Gasteiger partial charge < -0.3 is 0 Å².